The number of ether oxygens (including phenoxy) is 2. The van der Waals surface area contributed by atoms with Crippen molar-refractivity contribution in [3.05, 3.63) is 83.6 Å². The summed E-state index contributed by atoms with van der Waals surface area (Å²) in [6.45, 7) is 0. The maximum atomic E-state index is 13.3. The molecule has 3 aromatic carbocycles. The van der Waals surface area contributed by atoms with Crippen LogP contribution in [0.3, 0.4) is 0 Å². The first kappa shape index (κ1) is 29.9. The third kappa shape index (κ3) is 7.83. The molecule has 1 aliphatic rings. The Hall–Kier alpha value is -4.59. The van der Waals surface area contributed by atoms with Gasteiger partial charge in [0, 0.05) is 67.5 Å². The van der Waals surface area contributed by atoms with Gasteiger partial charge < -0.3 is 14.8 Å². The maximum absolute atomic E-state index is 13.3. The molecule has 0 bridgehead atoms. The standard InChI is InChI=1S/C35H37N3O5/c1-42-28-20-26(21-29(22-28)43-2)36-35-32(37-30-13-3-4-14-31(30)38-35)16-17-34(41)24-10-5-8-23(18-24)9-6-12-27(39)19-25-11-7-15-33(25)40/h3-5,8,10,13-14,18,20-22,25H,6-7,9,11-12,15-17,19H2,1-2H3,(H,36,38). The molecule has 1 unspecified atom stereocenters. The number of anilines is 2. The van der Waals surface area contributed by atoms with E-state index in [2.05, 4.69) is 5.32 Å². The summed E-state index contributed by atoms with van der Waals surface area (Å²) >= 11 is 0. The normalized spacial score (nSPS) is 14.6. The molecule has 222 valence electrons. The van der Waals surface area contributed by atoms with Crippen LogP contribution in [0.5, 0.6) is 11.5 Å². The van der Waals surface area contributed by atoms with Gasteiger partial charge in [0.2, 0.25) is 0 Å². The number of Topliss-reactive ketones (excluding diaryl/α,β-unsaturated/α-hetero) is 3. The lowest BCUT2D eigenvalue weighted by Gasteiger charge is -2.14. The zero-order valence-electron chi connectivity index (χ0n) is 24.7. The average molecular weight is 580 g/mol. The zero-order chi connectivity index (χ0) is 30.2. The van der Waals surface area contributed by atoms with E-state index >= 15 is 0 Å². The summed E-state index contributed by atoms with van der Waals surface area (Å²) in [5, 5.41) is 3.35. The molecule has 0 amide bonds. The van der Waals surface area contributed by atoms with Crippen LogP contribution in [0, 0.1) is 5.92 Å². The molecule has 0 aliphatic heterocycles. The molecule has 1 heterocycles. The Morgan fingerprint density at radius 2 is 1.63 bits per heavy atom. The van der Waals surface area contributed by atoms with Gasteiger partial charge in [-0.05, 0) is 49.4 Å². The van der Waals surface area contributed by atoms with Crippen molar-refractivity contribution in [1.82, 2.24) is 9.97 Å². The molecule has 8 heteroatoms. The van der Waals surface area contributed by atoms with Crippen LogP contribution in [-0.2, 0) is 22.4 Å². The Kier molecular flexibility index (Phi) is 9.77. The van der Waals surface area contributed by atoms with Crippen LogP contribution in [-0.4, -0.2) is 41.5 Å². The van der Waals surface area contributed by atoms with Gasteiger partial charge in [-0.2, -0.15) is 0 Å². The quantitative estimate of drug-likeness (QED) is 0.162. The van der Waals surface area contributed by atoms with Crippen LogP contribution in [0.4, 0.5) is 11.5 Å². The lowest BCUT2D eigenvalue weighted by Crippen LogP contribution is -2.12. The molecule has 0 spiro atoms. The number of aromatic nitrogens is 2. The fourth-order valence-corrected chi connectivity index (χ4v) is 5.57. The number of hydrogen-bond acceptors (Lipinski definition) is 8. The predicted octanol–water partition coefficient (Wildman–Crippen LogP) is 6.86. The highest BCUT2D eigenvalue weighted by Gasteiger charge is 2.26. The smallest absolute Gasteiger partial charge is 0.163 e. The van der Waals surface area contributed by atoms with Gasteiger partial charge in [0.25, 0.3) is 0 Å². The number of nitrogens with one attached hydrogen (secondary N) is 1. The number of ketones is 3. The number of para-hydroxylation sites is 2. The van der Waals surface area contributed by atoms with E-state index in [-0.39, 0.29) is 29.7 Å². The number of carbonyl (C=O) groups excluding carboxylic acids is 3. The SMILES string of the molecule is COc1cc(Nc2nc3ccccc3nc2CCC(=O)c2cccc(CCCC(=O)CC3CCCC3=O)c2)cc(OC)c1. The second-order valence-corrected chi connectivity index (χ2v) is 11.0. The van der Waals surface area contributed by atoms with Crippen LogP contribution >= 0.6 is 0 Å². The second-order valence-electron chi connectivity index (χ2n) is 11.0. The van der Waals surface area contributed by atoms with Gasteiger partial charge >= 0.3 is 0 Å². The molecule has 1 aliphatic carbocycles. The van der Waals surface area contributed by atoms with Crippen LogP contribution in [0.15, 0.2) is 66.7 Å². The molecule has 1 atom stereocenters. The molecule has 0 saturated heterocycles. The second kappa shape index (κ2) is 14.1. The van der Waals surface area contributed by atoms with Crippen LogP contribution < -0.4 is 14.8 Å². The third-order valence-electron chi connectivity index (χ3n) is 7.92. The van der Waals surface area contributed by atoms with E-state index in [4.69, 9.17) is 19.4 Å². The zero-order valence-corrected chi connectivity index (χ0v) is 24.7. The molecule has 5 rings (SSSR count). The minimum atomic E-state index is -0.0743. The minimum absolute atomic E-state index is 0.0154. The molecule has 0 radical (unpaired) electrons. The van der Waals surface area contributed by atoms with Gasteiger partial charge in [-0.1, -0.05) is 30.3 Å². The first-order chi connectivity index (χ1) is 20.9. The highest BCUT2D eigenvalue weighted by molar-refractivity contribution is 5.96. The third-order valence-corrected chi connectivity index (χ3v) is 7.92. The molecule has 1 saturated carbocycles. The highest BCUT2D eigenvalue weighted by Crippen LogP contribution is 2.30. The predicted molar refractivity (Wildman–Crippen MR) is 166 cm³/mol. The van der Waals surface area contributed by atoms with E-state index in [0.717, 1.165) is 35.1 Å². The summed E-state index contributed by atoms with van der Waals surface area (Å²) in [5.41, 5.74) is 4.58. The van der Waals surface area contributed by atoms with Crippen LogP contribution in [0.2, 0.25) is 0 Å². The van der Waals surface area contributed by atoms with Gasteiger partial charge in [0.1, 0.15) is 23.1 Å². The Morgan fingerprint density at radius 3 is 2.33 bits per heavy atom. The van der Waals surface area contributed by atoms with Crippen LogP contribution in [0.25, 0.3) is 11.0 Å². The number of benzene rings is 3. The Bertz CT molecular complexity index is 1610. The number of nitrogens with zero attached hydrogens (tertiary/aromatic N) is 2. The molecule has 1 N–H and O–H groups in total. The Balaban J connectivity index is 1.24. The van der Waals surface area contributed by atoms with E-state index in [1.165, 1.54) is 0 Å². The first-order valence-corrected chi connectivity index (χ1v) is 14.8. The maximum Gasteiger partial charge on any atom is 0.163 e. The monoisotopic (exact) mass is 579 g/mol. The molecule has 43 heavy (non-hydrogen) atoms. The van der Waals surface area contributed by atoms with Gasteiger partial charge in [0.05, 0.1) is 30.9 Å². The van der Waals surface area contributed by atoms with E-state index in [0.29, 0.717) is 67.1 Å². The Labute approximate surface area is 251 Å². The van der Waals surface area contributed by atoms with Crippen molar-refractivity contribution in [3.8, 4) is 11.5 Å². The van der Waals surface area contributed by atoms with Gasteiger partial charge in [-0.15, -0.1) is 0 Å². The summed E-state index contributed by atoms with van der Waals surface area (Å²) in [6.07, 6.45) is 5.26. The van der Waals surface area contributed by atoms with E-state index in [9.17, 15) is 14.4 Å². The summed E-state index contributed by atoms with van der Waals surface area (Å²) in [5.74, 6) is 2.18. The summed E-state index contributed by atoms with van der Waals surface area (Å²) in [7, 11) is 3.20. The fourth-order valence-electron chi connectivity index (χ4n) is 5.57. The lowest BCUT2D eigenvalue weighted by molar-refractivity contribution is -0.126. The van der Waals surface area contributed by atoms with Crippen molar-refractivity contribution < 1.29 is 23.9 Å². The van der Waals surface area contributed by atoms with Crippen molar-refractivity contribution >= 4 is 39.9 Å². The van der Waals surface area contributed by atoms with E-state index in [1.807, 2.05) is 60.7 Å². The fraction of sp³-hybridized carbons (Fsp3) is 0.343. The number of carbonyl (C=O) groups is 3. The van der Waals surface area contributed by atoms with Crippen molar-refractivity contribution in [2.75, 3.05) is 19.5 Å². The largest absolute Gasteiger partial charge is 0.497 e. The Morgan fingerprint density at radius 1 is 0.884 bits per heavy atom. The van der Waals surface area contributed by atoms with Gasteiger partial charge in [-0.3, -0.25) is 14.4 Å². The topological polar surface area (TPSA) is 107 Å². The number of aryl methyl sites for hydroxylation is 2. The summed E-state index contributed by atoms with van der Waals surface area (Å²) < 4.78 is 10.8. The molecular formula is C35H37N3O5. The highest BCUT2D eigenvalue weighted by atomic mass is 16.5. The summed E-state index contributed by atoms with van der Waals surface area (Å²) in [4.78, 5) is 47.2. The molecule has 1 aromatic heterocycles. The molecule has 8 nitrogen and oxygen atoms in total. The van der Waals surface area contributed by atoms with Gasteiger partial charge in [0.15, 0.2) is 11.6 Å². The number of methoxy groups -OCH3 is 2. The number of fused-ring (bicyclic) bond motifs is 1. The number of hydrogen-bond donors (Lipinski definition) is 1. The van der Waals surface area contributed by atoms with Crippen molar-refractivity contribution in [1.29, 1.82) is 0 Å². The van der Waals surface area contributed by atoms with Crippen LogP contribution in [0.1, 0.15) is 66.6 Å². The van der Waals surface area contributed by atoms with Crippen molar-refractivity contribution in [3.63, 3.8) is 0 Å². The van der Waals surface area contributed by atoms with E-state index in [1.54, 1.807) is 20.3 Å². The lowest BCUT2D eigenvalue weighted by atomic mass is 9.96. The first-order valence-electron chi connectivity index (χ1n) is 14.8. The average Bonchev–Trinajstić information content (AvgIpc) is 3.43. The molecule has 4 aromatic rings. The minimum Gasteiger partial charge on any atom is -0.497 e. The number of rotatable bonds is 14. The summed E-state index contributed by atoms with van der Waals surface area (Å²) in [6, 6.07) is 20.8. The van der Waals surface area contributed by atoms with Crippen molar-refractivity contribution in [2.24, 2.45) is 5.92 Å². The van der Waals surface area contributed by atoms with Crippen molar-refractivity contribution in [2.45, 2.75) is 57.8 Å². The molecular weight excluding hydrogens is 542 g/mol. The van der Waals surface area contributed by atoms with E-state index < -0.39 is 0 Å². The van der Waals surface area contributed by atoms with Gasteiger partial charge in [-0.25, -0.2) is 9.97 Å². The molecule has 1 fully saturated rings.